The number of nitrogens with zero attached hydrogens (tertiary/aromatic N) is 2. The van der Waals surface area contributed by atoms with Gasteiger partial charge in [-0.1, -0.05) is 27.2 Å². The van der Waals surface area contributed by atoms with Crippen molar-refractivity contribution in [1.29, 1.82) is 0 Å². The van der Waals surface area contributed by atoms with Crippen LogP contribution in [0.25, 0.3) is 0 Å². The van der Waals surface area contributed by atoms with E-state index in [0.29, 0.717) is 12.0 Å². The van der Waals surface area contributed by atoms with E-state index in [1.165, 1.54) is 43.6 Å². The topological polar surface area (TPSA) is 37.8 Å². The maximum Gasteiger partial charge on any atom is 0.202 e. The monoisotopic (exact) mass is 253 g/mol. The number of rotatable bonds is 4. The zero-order valence-corrected chi connectivity index (χ0v) is 11.9. The van der Waals surface area contributed by atoms with Gasteiger partial charge < -0.3 is 5.32 Å². The maximum atomic E-state index is 4.54. The highest BCUT2D eigenvalue weighted by Crippen LogP contribution is 2.29. The summed E-state index contributed by atoms with van der Waals surface area (Å²) in [6, 6.07) is 0.616. The smallest absolute Gasteiger partial charge is 0.202 e. The Bertz CT molecular complexity index is 340. The van der Waals surface area contributed by atoms with Crippen LogP contribution in [0.4, 0.5) is 5.13 Å². The lowest BCUT2D eigenvalue weighted by atomic mass is 9.85. The first-order valence-electron chi connectivity index (χ1n) is 6.79. The molecule has 0 atom stereocenters. The minimum Gasteiger partial charge on any atom is -0.358 e. The van der Waals surface area contributed by atoms with E-state index in [1.54, 1.807) is 0 Å². The number of anilines is 1. The Kier molecular flexibility index (Phi) is 4.37. The Morgan fingerprint density at radius 3 is 2.53 bits per heavy atom. The van der Waals surface area contributed by atoms with Crippen LogP contribution in [0.2, 0.25) is 0 Å². The van der Waals surface area contributed by atoms with Gasteiger partial charge in [0.1, 0.15) is 5.82 Å². The van der Waals surface area contributed by atoms with E-state index in [1.807, 2.05) is 0 Å². The molecule has 0 aliphatic heterocycles. The average Bonchev–Trinajstić information content (AvgIpc) is 2.79. The van der Waals surface area contributed by atoms with Crippen molar-refractivity contribution >= 4 is 16.7 Å². The van der Waals surface area contributed by atoms with E-state index in [-0.39, 0.29) is 0 Å². The summed E-state index contributed by atoms with van der Waals surface area (Å²) in [4.78, 5) is 4.54. The molecule has 0 amide bonds. The fourth-order valence-electron chi connectivity index (χ4n) is 2.42. The molecule has 1 aromatic rings. The quantitative estimate of drug-likeness (QED) is 0.880. The van der Waals surface area contributed by atoms with Crippen molar-refractivity contribution in [2.45, 2.75) is 64.8 Å². The van der Waals surface area contributed by atoms with E-state index in [4.69, 9.17) is 0 Å². The lowest BCUT2D eigenvalue weighted by Gasteiger charge is -2.28. The second-order valence-electron chi connectivity index (χ2n) is 5.38. The van der Waals surface area contributed by atoms with Crippen molar-refractivity contribution in [3.05, 3.63) is 5.82 Å². The molecular weight excluding hydrogens is 230 g/mol. The SMILES string of the molecule is CCC1CCC(Nc2nc(C(C)C)ns2)CC1. The van der Waals surface area contributed by atoms with Gasteiger partial charge in [0.2, 0.25) is 5.13 Å². The minimum atomic E-state index is 0.428. The predicted octanol–water partition coefficient (Wildman–Crippen LogP) is 4.04. The van der Waals surface area contributed by atoms with Crippen LogP contribution >= 0.6 is 11.5 Å². The predicted molar refractivity (Wildman–Crippen MR) is 73.7 cm³/mol. The number of hydrogen-bond donors (Lipinski definition) is 1. The van der Waals surface area contributed by atoms with Gasteiger partial charge >= 0.3 is 0 Å². The summed E-state index contributed by atoms with van der Waals surface area (Å²) in [6.07, 6.45) is 6.64. The first-order valence-corrected chi connectivity index (χ1v) is 7.56. The second-order valence-corrected chi connectivity index (χ2v) is 6.13. The summed E-state index contributed by atoms with van der Waals surface area (Å²) in [7, 11) is 0. The molecule has 0 spiro atoms. The molecule has 3 nitrogen and oxygen atoms in total. The summed E-state index contributed by atoms with van der Waals surface area (Å²) in [6.45, 7) is 6.58. The molecule has 0 bridgehead atoms. The lowest BCUT2D eigenvalue weighted by Crippen LogP contribution is -2.25. The number of nitrogens with one attached hydrogen (secondary N) is 1. The van der Waals surface area contributed by atoms with Crippen LogP contribution in [-0.4, -0.2) is 15.4 Å². The third-order valence-electron chi connectivity index (χ3n) is 3.71. The Hall–Kier alpha value is -0.640. The normalized spacial score (nSPS) is 25.2. The lowest BCUT2D eigenvalue weighted by molar-refractivity contribution is 0.330. The van der Waals surface area contributed by atoms with Crippen LogP contribution < -0.4 is 5.32 Å². The van der Waals surface area contributed by atoms with Crippen molar-refractivity contribution < 1.29 is 0 Å². The van der Waals surface area contributed by atoms with Crippen LogP contribution in [-0.2, 0) is 0 Å². The molecule has 1 heterocycles. The van der Waals surface area contributed by atoms with Crippen molar-refractivity contribution in [3.63, 3.8) is 0 Å². The first kappa shape index (κ1) is 12.8. The highest BCUT2D eigenvalue weighted by atomic mass is 32.1. The molecule has 1 saturated carbocycles. The molecular formula is C13H23N3S. The zero-order valence-electron chi connectivity index (χ0n) is 11.1. The fourth-order valence-corrected chi connectivity index (χ4v) is 3.20. The summed E-state index contributed by atoms with van der Waals surface area (Å²) in [5, 5.41) is 4.55. The fraction of sp³-hybridized carbons (Fsp3) is 0.846. The number of aromatic nitrogens is 2. The largest absolute Gasteiger partial charge is 0.358 e. The van der Waals surface area contributed by atoms with E-state index in [2.05, 4.69) is 35.4 Å². The molecule has 1 aromatic heterocycles. The molecule has 4 heteroatoms. The van der Waals surface area contributed by atoms with Gasteiger partial charge in [-0.3, -0.25) is 0 Å². The van der Waals surface area contributed by atoms with Gasteiger partial charge in [-0.25, -0.2) is 4.98 Å². The van der Waals surface area contributed by atoms with E-state index in [9.17, 15) is 0 Å². The van der Waals surface area contributed by atoms with Crippen LogP contribution in [0.3, 0.4) is 0 Å². The molecule has 1 N–H and O–H groups in total. The zero-order chi connectivity index (χ0) is 12.3. The third-order valence-corrected chi connectivity index (χ3v) is 4.37. The molecule has 0 saturated heterocycles. The highest BCUT2D eigenvalue weighted by molar-refractivity contribution is 7.09. The summed E-state index contributed by atoms with van der Waals surface area (Å²) >= 11 is 1.51. The third kappa shape index (κ3) is 3.41. The van der Waals surface area contributed by atoms with Crippen molar-refractivity contribution in [1.82, 2.24) is 9.36 Å². The molecule has 1 fully saturated rings. The summed E-state index contributed by atoms with van der Waals surface area (Å²) in [5.74, 6) is 2.35. The van der Waals surface area contributed by atoms with Gasteiger partial charge in [0, 0.05) is 23.5 Å². The molecule has 1 aliphatic carbocycles. The van der Waals surface area contributed by atoms with Gasteiger partial charge in [-0.05, 0) is 31.6 Å². The molecule has 17 heavy (non-hydrogen) atoms. The summed E-state index contributed by atoms with van der Waals surface area (Å²) in [5.41, 5.74) is 0. The van der Waals surface area contributed by atoms with E-state index < -0.39 is 0 Å². The first-order chi connectivity index (χ1) is 8.19. The Labute approximate surface area is 108 Å². The van der Waals surface area contributed by atoms with Gasteiger partial charge in [-0.2, -0.15) is 4.37 Å². The minimum absolute atomic E-state index is 0.428. The Morgan fingerprint density at radius 2 is 2.00 bits per heavy atom. The molecule has 1 aliphatic rings. The molecule has 96 valence electrons. The molecule has 0 aromatic carbocycles. The summed E-state index contributed by atoms with van der Waals surface area (Å²) < 4.78 is 4.38. The highest BCUT2D eigenvalue weighted by Gasteiger charge is 2.20. The van der Waals surface area contributed by atoms with Crippen molar-refractivity contribution in [2.75, 3.05) is 5.32 Å². The van der Waals surface area contributed by atoms with E-state index >= 15 is 0 Å². The Balaban J connectivity index is 1.84. The standard InChI is InChI=1S/C13H23N3S/c1-4-10-5-7-11(8-6-10)14-13-15-12(9(2)3)16-17-13/h9-11H,4-8H2,1-3H3,(H,14,15,16). The average molecular weight is 253 g/mol. The van der Waals surface area contributed by atoms with Gasteiger partial charge in [0.05, 0.1) is 0 Å². The number of hydrogen-bond acceptors (Lipinski definition) is 4. The van der Waals surface area contributed by atoms with Crippen LogP contribution in [0, 0.1) is 5.92 Å². The van der Waals surface area contributed by atoms with Crippen molar-refractivity contribution in [2.24, 2.45) is 5.92 Å². The van der Waals surface area contributed by atoms with Crippen LogP contribution in [0.5, 0.6) is 0 Å². The van der Waals surface area contributed by atoms with Crippen LogP contribution in [0.15, 0.2) is 0 Å². The van der Waals surface area contributed by atoms with Gasteiger partial charge in [0.15, 0.2) is 0 Å². The maximum absolute atomic E-state index is 4.54. The van der Waals surface area contributed by atoms with E-state index in [0.717, 1.165) is 16.9 Å². The van der Waals surface area contributed by atoms with Crippen LogP contribution in [0.1, 0.15) is 64.6 Å². The van der Waals surface area contributed by atoms with Gasteiger partial charge in [0.25, 0.3) is 0 Å². The van der Waals surface area contributed by atoms with Gasteiger partial charge in [-0.15, -0.1) is 0 Å². The molecule has 0 unspecified atom stereocenters. The Morgan fingerprint density at radius 1 is 1.29 bits per heavy atom. The molecule has 2 rings (SSSR count). The second kappa shape index (κ2) is 5.80. The molecule has 0 radical (unpaired) electrons. The van der Waals surface area contributed by atoms with Crippen molar-refractivity contribution in [3.8, 4) is 0 Å².